The van der Waals surface area contributed by atoms with Crippen LogP contribution in [0.2, 0.25) is 0 Å². The molecular weight excluding hydrogens is 222 g/mol. The van der Waals surface area contributed by atoms with E-state index in [0.29, 0.717) is 18.7 Å². The molecule has 0 radical (unpaired) electrons. The van der Waals surface area contributed by atoms with E-state index in [9.17, 15) is 0 Å². The van der Waals surface area contributed by atoms with Crippen molar-refractivity contribution in [2.45, 2.75) is 25.7 Å². The fourth-order valence-electron chi connectivity index (χ4n) is 1.35. The second-order valence-electron chi connectivity index (χ2n) is 3.37. The zero-order valence-electron chi connectivity index (χ0n) is 8.72. The number of thiophene rings is 1. The van der Waals surface area contributed by atoms with Crippen LogP contribution in [0, 0.1) is 11.3 Å². The summed E-state index contributed by atoms with van der Waals surface area (Å²) >= 11 is 1.68. The summed E-state index contributed by atoms with van der Waals surface area (Å²) in [7, 11) is 0. The van der Waals surface area contributed by atoms with Crippen LogP contribution in [0.25, 0.3) is 0 Å². The number of nitrogens with zero attached hydrogens (tertiary/aromatic N) is 3. The Kier molecular flexibility index (Phi) is 3.67. The van der Waals surface area contributed by atoms with Gasteiger partial charge in [-0.1, -0.05) is 11.2 Å². The Bertz CT molecular complexity index is 470. The van der Waals surface area contributed by atoms with Crippen LogP contribution >= 0.6 is 11.3 Å². The summed E-state index contributed by atoms with van der Waals surface area (Å²) in [4.78, 5) is 5.50. The molecule has 0 saturated heterocycles. The van der Waals surface area contributed by atoms with E-state index in [1.165, 1.54) is 4.88 Å². The average molecular weight is 233 g/mol. The minimum absolute atomic E-state index is 0.530. The SMILES string of the molecule is N#CCCCc1nc(Cc2cccs2)no1. The Morgan fingerprint density at radius 3 is 3.19 bits per heavy atom. The Balaban J connectivity index is 1.90. The van der Waals surface area contributed by atoms with Crippen molar-refractivity contribution in [1.82, 2.24) is 10.1 Å². The molecule has 0 fully saturated rings. The molecule has 0 atom stereocenters. The van der Waals surface area contributed by atoms with E-state index in [4.69, 9.17) is 9.78 Å². The molecule has 0 bridgehead atoms. The molecule has 2 rings (SSSR count). The molecular formula is C11H11N3OS. The van der Waals surface area contributed by atoms with Gasteiger partial charge < -0.3 is 4.52 Å². The van der Waals surface area contributed by atoms with Gasteiger partial charge in [0.05, 0.1) is 6.07 Å². The first-order valence-electron chi connectivity index (χ1n) is 5.09. The van der Waals surface area contributed by atoms with E-state index in [1.54, 1.807) is 11.3 Å². The van der Waals surface area contributed by atoms with Crippen LogP contribution in [0.1, 0.15) is 29.4 Å². The van der Waals surface area contributed by atoms with Crippen LogP contribution in [-0.4, -0.2) is 10.1 Å². The highest BCUT2D eigenvalue weighted by atomic mass is 32.1. The quantitative estimate of drug-likeness (QED) is 0.744. The predicted octanol–water partition coefficient (Wildman–Crippen LogP) is 2.57. The van der Waals surface area contributed by atoms with E-state index in [-0.39, 0.29) is 0 Å². The lowest BCUT2D eigenvalue weighted by Gasteiger charge is -1.88. The second kappa shape index (κ2) is 5.42. The molecule has 0 N–H and O–H groups in total. The standard InChI is InChI=1S/C11H11N3OS/c12-6-2-1-5-11-13-10(14-15-11)8-9-4-3-7-16-9/h3-4,7H,1-2,5,8H2. The monoisotopic (exact) mass is 233 g/mol. The normalized spacial score (nSPS) is 10.2. The van der Waals surface area contributed by atoms with Crippen molar-refractivity contribution in [3.05, 3.63) is 34.1 Å². The number of nitriles is 1. The van der Waals surface area contributed by atoms with Crippen molar-refractivity contribution in [2.24, 2.45) is 0 Å². The fraction of sp³-hybridized carbons (Fsp3) is 0.364. The maximum atomic E-state index is 8.41. The van der Waals surface area contributed by atoms with Gasteiger partial charge in [0.2, 0.25) is 5.89 Å². The molecule has 2 heterocycles. The van der Waals surface area contributed by atoms with Gasteiger partial charge in [-0.3, -0.25) is 0 Å². The van der Waals surface area contributed by atoms with Gasteiger partial charge in [0.25, 0.3) is 0 Å². The maximum Gasteiger partial charge on any atom is 0.226 e. The molecule has 16 heavy (non-hydrogen) atoms. The van der Waals surface area contributed by atoms with Crippen molar-refractivity contribution in [2.75, 3.05) is 0 Å². The molecule has 0 amide bonds. The third-order valence-corrected chi connectivity index (χ3v) is 2.98. The number of aryl methyl sites for hydroxylation is 1. The minimum Gasteiger partial charge on any atom is -0.339 e. The number of hydrogen-bond donors (Lipinski definition) is 0. The van der Waals surface area contributed by atoms with Crippen LogP contribution in [-0.2, 0) is 12.8 Å². The summed E-state index contributed by atoms with van der Waals surface area (Å²) in [5.41, 5.74) is 0. The van der Waals surface area contributed by atoms with Crippen molar-refractivity contribution in [3.8, 4) is 6.07 Å². The minimum atomic E-state index is 0.530. The van der Waals surface area contributed by atoms with Crippen LogP contribution in [0.3, 0.4) is 0 Å². The Morgan fingerprint density at radius 1 is 1.50 bits per heavy atom. The van der Waals surface area contributed by atoms with Gasteiger partial charge in [-0.25, -0.2) is 0 Å². The molecule has 0 unspecified atom stereocenters. The van der Waals surface area contributed by atoms with Crippen LogP contribution in [0.5, 0.6) is 0 Å². The summed E-state index contributed by atoms with van der Waals surface area (Å²) in [5.74, 6) is 1.34. The second-order valence-corrected chi connectivity index (χ2v) is 4.40. The largest absolute Gasteiger partial charge is 0.339 e. The average Bonchev–Trinajstić information content (AvgIpc) is 2.91. The first-order chi connectivity index (χ1) is 7.88. The first-order valence-corrected chi connectivity index (χ1v) is 5.97. The Morgan fingerprint density at radius 2 is 2.44 bits per heavy atom. The van der Waals surface area contributed by atoms with Crippen LogP contribution in [0.15, 0.2) is 22.0 Å². The van der Waals surface area contributed by atoms with Gasteiger partial charge in [-0.05, 0) is 17.9 Å². The van der Waals surface area contributed by atoms with Crippen molar-refractivity contribution in [1.29, 1.82) is 5.26 Å². The summed E-state index contributed by atoms with van der Waals surface area (Å²) in [5, 5.41) is 14.3. The summed E-state index contributed by atoms with van der Waals surface area (Å²) in [6.07, 6.45) is 2.71. The van der Waals surface area contributed by atoms with Gasteiger partial charge in [0, 0.05) is 24.1 Å². The molecule has 0 spiro atoms. The molecule has 4 nitrogen and oxygen atoms in total. The first kappa shape index (κ1) is 10.8. The van der Waals surface area contributed by atoms with Crippen molar-refractivity contribution < 1.29 is 4.52 Å². The molecule has 0 aliphatic rings. The smallest absolute Gasteiger partial charge is 0.226 e. The highest BCUT2D eigenvalue weighted by Gasteiger charge is 2.07. The molecule has 2 aromatic heterocycles. The number of unbranched alkanes of at least 4 members (excludes halogenated alkanes) is 1. The van der Waals surface area contributed by atoms with Gasteiger partial charge in [0.1, 0.15) is 0 Å². The molecule has 5 heteroatoms. The molecule has 0 aliphatic carbocycles. The van der Waals surface area contributed by atoms with Gasteiger partial charge in [-0.15, -0.1) is 11.3 Å². The Labute approximate surface area is 97.5 Å². The predicted molar refractivity (Wildman–Crippen MR) is 60.0 cm³/mol. The van der Waals surface area contributed by atoms with E-state index in [2.05, 4.69) is 22.3 Å². The topological polar surface area (TPSA) is 62.7 Å². The number of hydrogen-bond acceptors (Lipinski definition) is 5. The third kappa shape index (κ3) is 2.91. The lowest BCUT2D eigenvalue weighted by atomic mass is 10.2. The van der Waals surface area contributed by atoms with Crippen molar-refractivity contribution >= 4 is 11.3 Å². The number of rotatable bonds is 5. The fourth-order valence-corrected chi connectivity index (χ4v) is 2.05. The summed E-state index contributed by atoms with van der Waals surface area (Å²) in [6, 6.07) is 6.15. The molecule has 82 valence electrons. The highest BCUT2D eigenvalue weighted by Crippen LogP contribution is 2.13. The molecule has 2 aromatic rings. The summed E-state index contributed by atoms with van der Waals surface area (Å²) < 4.78 is 5.09. The van der Waals surface area contributed by atoms with Gasteiger partial charge in [-0.2, -0.15) is 10.2 Å². The lowest BCUT2D eigenvalue weighted by molar-refractivity contribution is 0.371. The zero-order valence-corrected chi connectivity index (χ0v) is 9.54. The zero-order chi connectivity index (χ0) is 11.2. The summed E-state index contributed by atoms with van der Waals surface area (Å²) in [6.45, 7) is 0. The maximum absolute atomic E-state index is 8.41. The molecule has 0 aromatic carbocycles. The molecule has 0 saturated carbocycles. The van der Waals surface area contributed by atoms with Gasteiger partial charge >= 0.3 is 0 Å². The number of aromatic nitrogens is 2. The van der Waals surface area contributed by atoms with E-state index in [0.717, 1.165) is 18.7 Å². The highest BCUT2D eigenvalue weighted by molar-refractivity contribution is 7.09. The van der Waals surface area contributed by atoms with Gasteiger partial charge in [0.15, 0.2) is 5.82 Å². The molecule has 0 aliphatic heterocycles. The van der Waals surface area contributed by atoms with E-state index in [1.807, 2.05) is 11.4 Å². The van der Waals surface area contributed by atoms with E-state index < -0.39 is 0 Å². The van der Waals surface area contributed by atoms with Crippen LogP contribution in [0.4, 0.5) is 0 Å². The van der Waals surface area contributed by atoms with Crippen molar-refractivity contribution in [3.63, 3.8) is 0 Å². The van der Waals surface area contributed by atoms with E-state index >= 15 is 0 Å². The lowest BCUT2D eigenvalue weighted by Crippen LogP contribution is -1.89. The van der Waals surface area contributed by atoms with Crippen LogP contribution < -0.4 is 0 Å². The third-order valence-electron chi connectivity index (χ3n) is 2.10. The Hall–Kier alpha value is -1.67.